The van der Waals surface area contributed by atoms with Gasteiger partial charge in [0.15, 0.2) is 5.13 Å². The number of amides is 1. The Morgan fingerprint density at radius 1 is 1.57 bits per heavy atom. The first kappa shape index (κ1) is 15.0. The summed E-state index contributed by atoms with van der Waals surface area (Å²) in [5.74, 6) is 5.22. The second-order valence-corrected chi connectivity index (χ2v) is 5.15. The van der Waals surface area contributed by atoms with Crippen molar-refractivity contribution in [3.63, 3.8) is 0 Å². The highest BCUT2D eigenvalue weighted by Crippen LogP contribution is 2.17. The standard InChI is InChI=1S/C14H13N3O3S/c1-17-6-5-10(8-12(17)19)13(20)16-14-15-9-11(21-14)4-2-3-7-18/h5-6,8-9,18H,3,7H2,1H3,(H,15,16,20). The molecule has 0 saturated heterocycles. The molecule has 0 atom stereocenters. The van der Waals surface area contributed by atoms with E-state index in [1.165, 1.54) is 28.2 Å². The number of hydrogen-bond acceptors (Lipinski definition) is 5. The topological polar surface area (TPSA) is 84.2 Å². The maximum atomic E-state index is 12.0. The second kappa shape index (κ2) is 6.83. The number of carbonyl (C=O) groups is 1. The van der Waals surface area contributed by atoms with E-state index in [4.69, 9.17) is 5.11 Å². The molecule has 2 aromatic rings. The molecule has 21 heavy (non-hydrogen) atoms. The Morgan fingerprint density at radius 3 is 3.10 bits per heavy atom. The number of nitrogens with one attached hydrogen (secondary N) is 1. The molecule has 0 aliphatic rings. The van der Waals surface area contributed by atoms with Gasteiger partial charge in [-0.1, -0.05) is 23.2 Å². The van der Waals surface area contributed by atoms with Crippen LogP contribution >= 0.6 is 11.3 Å². The smallest absolute Gasteiger partial charge is 0.257 e. The average Bonchev–Trinajstić information content (AvgIpc) is 2.89. The lowest BCUT2D eigenvalue weighted by atomic mass is 10.2. The van der Waals surface area contributed by atoms with Crippen LogP contribution in [0.3, 0.4) is 0 Å². The zero-order chi connectivity index (χ0) is 15.2. The van der Waals surface area contributed by atoms with E-state index in [1.54, 1.807) is 19.3 Å². The highest BCUT2D eigenvalue weighted by Gasteiger charge is 2.09. The molecule has 0 aliphatic heterocycles. The van der Waals surface area contributed by atoms with Crippen LogP contribution in [-0.4, -0.2) is 27.2 Å². The van der Waals surface area contributed by atoms with E-state index in [-0.39, 0.29) is 17.7 Å². The number of thiazole rings is 1. The number of aromatic nitrogens is 2. The van der Waals surface area contributed by atoms with Gasteiger partial charge in [0.2, 0.25) is 0 Å². The lowest BCUT2D eigenvalue weighted by Gasteiger charge is -2.02. The molecule has 2 rings (SSSR count). The highest BCUT2D eigenvalue weighted by atomic mass is 32.1. The molecule has 0 spiro atoms. The Bertz CT molecular complexity index is 768. The van der Waals surface area contributed by atoms with Crippen LogP contribution < -0.4 is 10.9 Å². The zero-order valence-electron chi connectivity index (χ0n) is 11.3. The summed E-state index contributed by atoms with van der Waals surface area (Å²) in [5.41, 5.74) is 0.0264. The Hall–Kier alpha value is -2.43. The fraction of sp³-hybridized carbons (Fsp3) is 0.214. The summed E-state index contributed by atoms with van der Waals surface area (Å²) in [6, 6.07) is 2.83. The summed E-state index contributed by atoms with van der Waals surface area (Å²) in [5, 5.41) is 11.7. The van der Waals surface area contributed by atoms with Crippen LogP contribution in [0, 0.1) is 11.8 Å². The first-order chi connectivity index (χ1) is 10.1. The number of nitrogens with zero attached hydrogens (tertiary/aromatic N) is 2. The molecule has 7 heteroatoms. The van der Waals surface area contributed by atoms with E-state index in [0.717, 1.165) is 0 Å². The average molecular weight is 303 g/mol. The molecule has 0 bridgehead atoms. The van der Waals surface area contributed by atoms with Gasteiger partial charge in [-0.2, -0.15) is 0 Å². The monoisotopic (exact) mass is 303 g/mol. The summed E-state index contributed by atoms with van der Waals surface area (Å²) in [6.45, 7) is 0.0123. The molecule has 0 fully saturated rings. The highest BCUT2D eigenvalue weighted by molar-refractivity contribution is 7.16. The van der Waals surface area contributed by atoms with Gasteiger partial charge in [-0.3, -0.25) is 14.9 Å². The Balaban J connectivity index is 2.08. The summed E-state index contributed by atoms with van der Waals surface area (Å²) in [7, 11) is 1.61. The molecular weight excluding hydrogens is 290 g/mol. The number of aliphatic hydroxyl groups excluding tert-OH is 1. The molecule has 2 heterocycles. The molecule has 2 aromatic heterocycles. The third-order valence-electron chi connectivity index (χ3n) is 2.54. The molecule has 6 nitrogen and oxygen atoms in total. The van der Waals surface area contributed by atoms with Crippen molar-refractivity contribution >= 4 is 22.4 Å². The zero-order valence-corrected chi connectivity index (χ0v) is 12.1. The van der Waals surface area contributed by atoms with Gasteiger partial charge < -0.3 is 9.67 Å². The molecule has 0 aromatic carbocycles. The van der Waals surface area contributed by atoms with Crippen LogP contribution in [0.15, 0.2) is 29.3 Å². The van der Waals surface area contributed by atoms with E-state index in [2.05, 4.69) is 22.1 Å². The Kier molecular flexibility index (Phi) is 4.87. The predicted molar refractivity (Wildman–Crippen MR) is 80.3 cm³/mol. The van der Waals surface area contributed by atoms with Gasteiger partial charge >= 0.3 is 0 Å². The van der Waals surface area contributed by atoms with Crippen molar-refractivity contribution in [3.8, 4) is 11.8 Å². The number of aryl methyl sites for hydroxylation is 1. The van der Waals surface area contributed by atoms with Crippen molar-refractivity contribution in [2.75, 3.05) is 11.9 Å². The van der Waals surface area contributed by atoms with E-state index in [9.17, 15) is 9.59 Å². The van der Waals surface area contributed by atoms with E-state index < -0.39 is 5.91 Å². The minimum absolute atomic E-state index is 0.0123. The molecule has 2 N–H and O–H groups in total. The number of anilines is 1. The summed E-state index contributed by atoms with van der Waals surface area (Å²) >= 11 is 1.23. The number of hydrogen-bond donors (Lipinski definition) is 2. The van der Waals surface area contributed by atoms with Crippen molar-refractivity contribution in [2.24, 2.45) is 7.05 Å². The van der Waals surface area contributed by atoms with Crippen molar-refractivity contribution in [1.82, 2.24) is 9.55 Å². The third-order valence-corrected chi connectivity index (χ3v) is 3.37. The van der Waals surface area contributed by atoms with Crippen LogP contribution in [0.1, 0.15) is 21.7 Å². The summed E-state index contributed by atoms with van der Waals surface area (Å²) in [4.78, 5) is 28.2. The van der Waals surface area contributed by atoms with Gasteiger partial charge in [-0.15, -0.1) is 0 Å². The second-order valence-electron chi connectivity index (χ2n) is 4.12. The van der Waals surface area contributed by atoms with E-state index in [0.29, 0.717) is 16.4 Å². The van der Waals surface area contributed by atoms with Crippen molar-refractivity contribution in [2.45, 2.75) is 6.42 Å². The minimum Gasteiger partial charge on any atom is -0.395 e. The van der Waals surface area contributed by atoms with Crippen LogP contribution in [0.5, 0.6) is 0 Å². The number of aliphatic hydroxyl groups is 1. The minimum atomic E-state index is -0.392. The molecule has 0 saturated carbocycles. The van der Waals surface area contributed by atoms with Gasteiger partial charge in [0.25, 0.3) is 11.5 Å². The van der Waals surface area contributed by atoms with Crippen LogP contribution in [0.2, 0.25) is 0 Å². The quantitative estimate of drug-likeness (QED) is 0.823. The van der Waals surface area contributed by atoms with Crippen LogP contribution in [-0.2, 0) is 7.05 Å². The molecule has 0 radical (unpaired) electrons. The van der Waals surface area contributed by atoms with E-state index >= 15 is 0 Å². The van der Waals surface area contributed by atoms with Gasteiger partial charge in [-0.05, 0) is 6.07 Å². The fourth-order valence-electron chi connectivity index (χ4n) is 1.45. The molecule has 0 unspecified atom stereocenters. The Morgan fingerprint density at radius 2 is 2.38 bits per heavy atom. The molecule has 1 amide bonds. The van der Waals surface area contributed by atoms with Crippen molar-refractivity contribution < 1.29 is 9.90 Å². The van der Waals surface area contributed by atoms with Gasteiger partial charge in [0.1, 0.15) is 0 Å². The number of pyridine rings is 1. The summed E-state index contributed by atoms with van der Waals surface area (Å²) < 4.78 is 1.38. The maximum Gasteiger partial charge on any atom is 0.257 e. The Labute approximate surface area is 125 Å². The first-order valence-electron chi connectivity index (χ1n) is 6.14. The molecule has 108 valence electrons. The third kappa shape index (κ3) is 4.02. The SMILES string of the molecule is Cn1ccc(C(=O)Nc2ncc(C#CCCO)s2)cc1=O. The van der Waals surface area contributed by atoms with Crippen molar-refractivity contribution in [3.05, 3.63) is 45.3 Å². The largest absolute Gasteiger partial charge is 0.395 e. The maximum absolute atomic E-state index is 12.0. The molecule has 0 aliphatic carbocycles. The lowest BCUT2D eigenvalue weighted by Crippen LogP contribution is -2.19. The number of rotatable bonds is 3. The van der Waals surface area contributed by atoms with Crippen LogP contribution in [0.25, 0.3) is 0 Å². The number of carbonyl (C=O) groups excluding carboxylic acids is 1. The molecular formula is C14H13N3O3S. The fourth-order valence-corrected chi connectivity index (χ4v) is 2.14. The van der Waals surface area contributed by atoms with Crippen molar-refractivity contribution in [1.29, 1.82) is 0 Å². The van der Waals surface area contributed by atoms with Gasteiger partial charge in [-0.25, -0.2) is 4.98 Å². The van der Waals surface area contributed by atoms with E-state index in [1.807, 2.05) is 0 Å². The van der Waals surface area contributed by atoms with Gasteiger partial charge in [0, 0.05) is 31.3 Å². The summed E-state index contributed by atoms with van der Waals surface area (Å²) in [6.07, 6.45) is 3.48. The lowest BCUT2D eigenvalue weighted by molar-refractivity contribution is 0.102. The van der Waals surface area contributed by atoms with Crippen LogP contribution in [0.4, 0.5) is 5.13 Å². The van der Waals surface area contributed by atoms with Gasteiger partial charge in [0.05, 0.1) is 17.7 Å². The predicted octanol–water partition coefficient (Wildman–Crippen LogP) is 0.828. The normalized spacial score (nSPS) is 9.81. The first-order valence-corrected chi connectivity index (χ1v) is 6.95.